The Morgan fingerprint density at radius 1 is 1.36 bits per heavy atom. The van der Waals surface area contributed by atoms with E-state index in [1.807, 2.05) is 20.8 Å². The van der Waals surface area contributed by atoms with Gasteiger partial charge < -0.3 is 16.2 Å². The Morgan fingerprint density at radius 3 is 2.50 bits per heavy atom. The highest BCUT2D eigenvalue weighted by molar-refractivity contribution is 5.38. The first-order valence-electron chi connectivity index (χ1n) is 4.52. The van der Waals surface area contributed by atoms with Crippen LogP contribution in [0, 0.1) is 0 Å². The molecule has 1 rings (SSSR count). The summed E-state index contributed by atoms with van der Waals surface area (Å²) in [6.07, 6.45) is 0.872. The maximum absolute atomic E-state index is 5.60. The second-order valence-electron chi connectivity index (χ2n) is 3.70. The van der Waals surface area contributed by atoms with Crippen molar-refractivity contribution < 1.29 is 4.74 Å². The summed E-state index contributed by atoms with van der Waals surface area (Å²) in [5, 5.41) is 0. The van der Waals surface area contributed by atoms with E-state index in [0.29, 0.717) is 11.7 Å². The Labute approximate surface area is 83.5 Å². The van der Waals surface area contributed by atoms with Gasteiger partial charge in [-0.15, -0.1) is 0 Å². The molecular weight excluding hydrogens is 180 g/mol. The fourth-order valence-electron chi connectivity index (χ4n) is 0.869. The second-order valence-corrected chi connectivity index (χ2v) is 3.70. The van der Waals surface area contributed by atoms with Crippen LogP contribution in [0.5, 0.6) is 5.88 Å². The minimum atomic E-state index is -0.271. The van der Waals surface area contributed by atoms with E-state index in [-0.39, 0.29) is 11.5 Å². The molecular formula is C9H16N4O. The average molecular weight is 196 g/mol. The maximum Gasteiger partial charge on any atom is 0.225 e. The Kier molecular flexibility index (Phi) is 2.78. The lowest BCUT2D eigenvalue weighted by molar-refractivity contribution is 0.0992. The van der Waals surface area contributed by atoms with Gasteiger partial charge in [-0.2, -0.15) is 9.97 Å². The van der Waals surface area contributed by atoms with Crippen molar-refractivity contribution in [2.75, 3.05) is 11.5 Å². The highest BCUT2D eigenvalue weighted by Gasteiger charge is 2.18. The van der Waals surface area contributed by atoms with Crippen LogP contribution in [0.2, 0.25) is 0 Å². The lowest BCUT2D eigenvalue weighted by atomic mass is 10.1. The molecule has 1 heterocycles. The summed E-state index contributed by atoms with van der Waals surface area (Å²) in [5.74, 6) is 0.869. The lowest BCUT2D eigenvalue weighted by Crippen LogP contribution is -2.27. The van der Waals surface area contributed by atoms with Crippen molar-refractivity contribution in [1.29, 1.82) is 0 Å². The number of aromatic nitrogens is 2. The lowest BCUT2D eigenvalue weighted by Gasteiger charge is -2.23. The van der Waals surface area contributed by atoms with E-state index in [1.54, 1.807) is 6.07 Å². The summed E-state index contributed by atoms with van der Waals surface area (Å²) in [7, 11) is 0. The summed E-state index contributed by atoms with van der Waals surface area (Å²) in [6.45, 7) is 5.98. The van der Waals surface area contributed by atoms with Crippen LogP contribution in [0.4, 0.5) is 11.8 Å². The van der Waals surface area contributed by atoms with Crippen LogP contribution in [0.1, 0.15) is 27.2 Å². The van der Waals surface area contributed by atoms with Crippen LogP contribution in [0.3, 0.4) is 0 Å². The Hall–Kier alpha value is -1.52. The molecule has 0 aromatic carbocycles. The number of rotatable bonds is 3. The van der Waals surface area contributed by atoms with Crippen molar-refractivity contribution in [3.8, 4) is 5.88 Å². The van der Waals surface area contributed by atoms with E-state index in [0.717, 1.165) is 6.42 Å². The first kappa shape index (κ1) is 10.6. The van der Waals surface area contributed by atoms with Gasteiger partial charge >= 0.3 is 0 Å². The van der Waals surface area contributed by atoms with E-state index >= 15 is 0 Å². The molecule has 1 aromatic heterocycles. The Morgan fingerprint density at radius 2 is 2.00 bits per heavy atom. The van der Waals surface area contributed by atoms with Gasteiger partial charge in [-0.1, -0.05) is 6.92 Å². The van der Waals surface area contributed by atoms with Crippen LogP contribution in [0.25, 0.3) is 0 Å². The zero-order chi connectivity index (χ0) is 10.8. The summed E-state index contributed by atoms with van der Waals surface area (Å²) in [4.78, 5) is 7.69. The monoisotopic (exact) mass is 196 g/mol. The van der Waals surface area contributed by atoms with E-state index in [9.17, 15) is 0 Å². The number of hydrogen-bond donors (Lipinski definition) is 2. The zero-order valence-corrected chi connectivity index (χ0v) is 8.74. The van der Waals surface area contributed by atoms with E-state index in [2.05, 4.69) is 9.97 Å². The molecule has 78 valence electrons. The van der Waals surface area contributed by atoms with Gasteiger partial charge in [0.1, 0.15) is 11.4 Å². The fraction of sp³-hybridized carbons (Fsp3) is 0.556. The van der Waals surface area contributed by atoms with Crippen LogP contribution >= 0.6 is 0 Å². The van der Waals surface area contributed by atoms with Gasteiger partial charge in [0.25, 0.3) is 0 Å². The molecule has 5 nitrogen and oxygen atoms in total. The summed E-state index contributed by atoms with van der Waals surface area (Å²) in [6, 6.07) is 1.56. The molecule has 1 aromatic rings. The SMILES string of the molecule is CCC(C)(C)Oc1cc(N)nc(N)n1. The van der Waals surface area contributed by atoms with E-state index in [1.165, 1.54) is 0 Å². The highest BCUT2D eigenvalue weighted by atomic mass is 16.5. The highest BCUT2D eigenvalue weighted by Crippen LogP contribution is 2.20. The molecule has 0 saturated heterocycles. The molecule has 0 aliphatic carbocycles. The Balaban J connectivity index is 2.87. The third kappa shape index (κ3) is 2.76. The van der Waals surface area contributed by atoms with Crippen molar-refractivity contribution in [2.45, 2.75) is 32.8 Å². The molecule has 0 unspecified atom stereocenters. The maximum atomic E-state index is 5.60. The van der Waals surface area contributed by atoms with Gasteiger partial charge in [-0.25, -0.2) is 0 Å². The molecule has 5 heteroatoms. The van der Waals surface area contributed by atoms with Crippen LogP contribution < -0.4 is 16.2 Å². The van der Waals surface area contributed by atoms with Crippen LogP contribution in [-0.2, 0) is 0 Å². The molecule has 0 spiro atoms. The standard InChI is InChI=1S/C9H16N4O/c1-4-9(2,3)14-7-5-6(10)12-8(11)13-7/h5H,4H2,1-3H3,(H4,10,11,12,13). The van der Waals surface area contributed by atoms with Crippen LogP contribution in [0.15, 0.2) is 6.07 Å². The largest absolute Gasteiger partial charge is 0.471 e. The number of ether oxygens (including phenoxy) is 1. The number of anilines is 2. The average Bonchev–Trinajstić information content (AvgIpc) is 2.01. The van der Waals surface area contributed by atoms with Gasteiger partial charge in [-0.3, -0.25) is 0 Å². The normalized spacial score (nSPS) is 11.4. The summed E-state index contributed by atoms with van der Waals surface area (Å²) in [5.41, 5.74) is 10.7. The van der Waals surface area contributed by atoms with E-state index < -0.39 is 0 Å². The minimum absolute atomic E-state index is 0.131. The minimum Gasteiger partial charge on any atom is -0.471 e. The molecule has 0 saturated carbocycles. The molecule has 14 heavy (non-hydrogen) atoms. The number of hydrogen-bond acceptors (Lipinski definition) is 5. The molecule has 4 N–H and O–H groups in total. The number of nitrogens with two attached hydrogens (primary N) is 2. The third-order valence-corrected chi connectivity index (χ3v) is 1.97. The quantitative estimate of drug-likeness (QED) is 0.758. The molecule has 0 atom stereocenters. The van der Waals surface area contributed by atoms with Crippen molar-refractivity contribution in [3.63, 3.8) is 0 Å². The van der Waals surface area contributed by atoms with Crippen molar-refractivity contribution >= 4 is 11.8 Å². The van der Waals surface area contributed by atoms with Gasteiger partial charge in [0.05, 0.1) is 0 Å². The van der Waals surface area contributed by atoms with Gasteiger partial charge in [0.2, 0.25) is 11.8 Å². The Bertz CT molecular complexity index is 304. The molecule has 0 radical (unpaired) electrons. The zero-order valence-electron chi connectivity index (χ0n) is 8.74. The molecule has 0 aliphatic rings. The fourth-order valence-corrected chi connectivity index (χ4v) is 0.869. The smallest absolute Gasteiger partial charge is 0.225 e. The molecule has 0 fully saturated rings. The van der Waals surface area contributed by atoms with Crippen molar-refractivity contribution in [2.24, 2.45) is 0 Å². The van der Waals surface area contributed by atoms with Gasteiger partial charge in [0.15, 0.2) is 0 Å². The van der Waals surface area contributed by atoms with Crippen LogP contribution in [-0.4, -0.2) is 15.6 Å². The first-order valence-corrected chi connectivity index (χ1v) is 4.52. The summed E-state index contributed by atoms with van der Waals surface area (Å²) < 4.78 is 5.60. The third-order valence-electron chi connectivity index (χ3n) is 1.97. The second kappa shape index (κ2) is 3.69. The molecule has 0 bridgehead atoms. The van der Waals surface area contributed by atoms with E-state index in [4.69, 9.17) is 16.2 Å². The predicted molar refractivity (Wildman–Crippen MR) is 55.9 cm³/mol. The number of nitrogens with zero attached hydrogens (tertiary/aromatic N) is 2. The topological polar surface area (TPSA) is 87.0 Å². The molecule has 0 aliphatic heterocycles. The first-order chi connectivity index (χ1) is 6.43. The summed E-state index contributed by atoms with van der Waals surface area (Å²) >= 11 is 0. The number of nitrogen functional groups attached to an aromatic ring is 2. The van der Waals surface area contributed by atoms with Crippen molar-refractivity contribution in [3.05, 3.63) is 6.07 Å². The van der Waals surface area contributed by atoms with Crippen molar-refractivity contribution in [1.82, 2.24) is 9.97 Å². The van der Waals surface area contributed by atoms with Gasteiger partial charge in [0, 0.05) is 6.07 Å². The molecule has 0 amide bonds. The van der Waals surface area contributed by atoms with Gasteiger partial charge in [-0.05, 0) is 20.3 Å². The predicted octanol–water partition coefficient (Wildman–Crippen LogP) is 1.21.